The van der Waals surface area contributed by atoms with Gasteiger partial charge in [0.1, 0.15) is 11.3 Å². The predicted molar refractivity (Wildman–Crippen MR) is 85.7 cm³/mol. The topological polar surface area (TPSA) is 117 Å². The van der Waals surface area contributed by atoms with Crippen LogP contribution in [0, 0.1) is 5.82 Å². The second kappa shape index (κ2) is 5.65. The second-order valence-electron chi connectivity index (χ2n) is 4.57. The quantitative estimate of drug-likeness (QED) is 0.674. The van der Waals surface area contributed by atoms with Crippen LogP contribution >= 0.6 is 11.3 Å². The predicted octanol–water partition coefficient (Wildman–Crippen LogP) is 2.67. The Morgan fingerprint density at radius 2 is 2.22 bits per heavy atom. The van der Waals surface area contributed by atoms with Crippen molar-refractivity contribution in [2.24, 2.45) is 0 Å². The van der Waals surface area contributed by atoms with E-state index < -0.39 is 11.9 Å². The average molecular weight is 334 g/mol. The highest BCUT2D eigenvalue weighted by Gasteiger charge is 2.13. The first-order valence-corrected chi connectivity index (χ1v) is 7.18. The number of nitrogens with two attached hydrogens (primary N) is 1. The third kappa shape index (κ3) is 2.97. The van der Waals surface area contributed by atoms with Crippen LogP contribution in [-0.2, 0) is 0 Å². The van der Waals surface area contributed by atoms with Crippen molar-refractivity contribution in [1.82, 2.24) is 15.0 Å². The highest BCUT2D eigenvalue weighted by Crippen LogP contribution is 2.28. The maximum atomic E-state index is 13.6. The maximum absolute atomic E-state index is 13.6. The van der Waals surface area contributed by atoms with Crippen LogP contribution in [0.15, 0.2) is 24.4 Å². The molecule has 1 amide bonds. The lowest BCUT2D eigenvalue weighted by Gasteiger charge is -2.18. The highest BCUT2D eigenvalue weighted by atomic mass is 32.1. The summed E-state index contributed by atoms with van der Waals surface area (Å²) in [4.78, 5) is 25.5. The number of rotatable bonds is 3. The zero-order valence-electron chi connectivity index (χ0n) is 11.8. The minimum Gasteiger partial charge on any atom is -0.465 e. The van der Waals surface area contributed by atoms with E-state index in [9.17, 15) is 9.18 Å². The molecule has 4 N–H and O–H groups in total. The molecule has 0 aliphatic carbocycles. The molecule has 0 saturated carbocycles. The monoisotopic (exact) mass is 334 g/mol. The van der Waals surface area contributed by atoms with E-state index in [-0.39, 0.29) is 5.69 Å². The molecule has 2 heterocycles. The van der Waals surface area contributed by atoms with Gasteiger partial charge in [0.15, 0.2) is 9.96 Å². The molecular formula is C13H11FN6O2S. The Bertz CT molecular complexity index is 899. The van der Waals surface area contributed by atoms with Gasteiger partial charge in [0.25, 0.3) is 0 Å². The maximum Gasteiger partial charge on any atom is 0.409 e. The number of hydrogen-bond donors (Lipinski definition) is 3. The largest absolute Gasteiger partial charge is 0.465 e. The lowest BCUT2D eigenvalue weighted by Crippen LogP contribution is -2.14. The number of hydrogen-bond acceptors (Lipinski definition) is 7. The highest BCUT2D eigenvalue weighted by molar-refractivity contribution is 7.21. The molecule has 0 saturated heterocycles. The summed E-state index contributed by atoms with van der Waals surface area (Å²) in [5.41, 5.74) is 6.60. The molecule has 0 aliphatic rings. The number of amides is 1. The van der Waals surface area contributed by atoms with Gasteiger partial charge in [-0.1, -0.05) is 11.3 Å². The minimum absolute atomic E-state index is 0.148. The average Bonchev–Trinajstić information content (AvgIpc) is 2.87. The number of aromatic nitrogens is 3. The lowest BCUT2D eigenvalue weighted by atomic mass is 10.2. The SMILES string of the molecule is CN(c1ccc(F)c(NC(=O)O)c1)c1ncc2nc(N)sc2n1. The van der Waals surface area contributed by atoms with Gasteiger partial charge in [-0.3, -0.25) is 5.32 Å². The number of thiazole rings is 1. The number of carbonyl (C=O) groups is 1. The number of anilines is 4. The molecular weight excluding hydrogens is 323 g/mol. The summed E-state index contributed by atoms with van der Waals surface area (Å²) < 4.78 is 13.6. The van der Waals surface area contributed by atoms with Gasteiger partial charge in [0.2, 0.25) is 5.95 Å². The van der Waals surface area contributed by atoms with Gasteiger partial charge < -0.3 is 15.7 Å². The van der Waals surface area contributed by atoms with Crippen molar-refractivity contribution >= 4 is 50.2 Å². The smallest absolute Gasteiger partial charge is 0.409 e. The molecule has 118 valence electrons. The Kier molecular flexibility index (Phi) is 3.66. The van der Waals surface area contributed by atoms with Crippen molar-refractivity contribution in [3.8, 4) is 0 Å². The molecule has 0 bridgehead atoms. The number of halogens is 1. The minimum atomic E-state index is -1.35. The van der Waals surface area contributed by atoms with Crippen molar-refractivity contribution < 1.29 is 14.3 Å². The second-order valence-corrected chi connectivity index (χ2v) is 5.57. The lowest BCUT2D eigenvalue weighted by molar-refractivity contribution is 0.209. The summed E-state index contributed by atoms with van der Waals surface area (Å²) in [6, 6.07) is 4.02. The first-order chi connectivity index (χ1) is 10.9. The Morgan fingerprint density at radius 1 is 1.43 bits per heavy atom. The Labute approximate surface area is 133 Å². The molecule has 2 aromatic heterocycles. The molecule has 10 heteroatoms. The van der Waals surface area contributed by atoms with Gasteiger partial charge in [0, 0.05) is 12.7 Å². The number of nitrogens with one attached hydrogen (secondary N) is 1. The van der Waals surface area contributed by atoms with Crippen molar-refractivity contribution in [2.45, 2.75) is 0 Å². The van der Waals surface area contributed by atoms with Gasteiger partial charge in [0.05, 0.1) is 11.9 Å². The summed E-state index contributed by atoms with van der Waals surface area (Å²) in [5.74, 6) is -0.315. The van der Waals surface area contributed by atoms with E-state index in [0.717, 1.165) is 0 Å². The number of carboxylic acid groups (broad SMARTS) is 1. The molecule has 3 aromatic rings. The van der Waals surface area contributed by atoms with E-state index in [0.29, 0.717) is 27.1 Å². The summed E-state index contributed by atoms with van der Waals surface area (Å²) in [7, 11) is 1.68. The van der Waals surface area contributed by atoms with Crippen LogP contribution in [0.3, 0.4) is 0 Å². The van der Waals surface area contributed by atoms with Gasteiger partial charge in [-0.25, -0.2) is 19.2 Å². The Morgan fingerprint density at radius 3 is 2.96 bits per heavy atom. The van der Waals surface area contributed by atoms with E-state index in [4.69, 9.17) is 10.8 Å². The first kappa shape index (κ1) is 14.9. The first-order valence-electron chi connectivity index (χ1n) is 6.36. The van der Waals surface area contributed by atoms with Crippen molar-refractivity contribution in [2.75, 3.05) is 23.0 Å². The Hall–Kier alpha value is -3.01. The van der Waals surface area contributed by atoms with E-state index in [1.54, 1.807) is 18.1 Å². The van der Waals surface area contributed by atoms with E-state index >= 15 is 0 Å². The van der Waals surface area contributed by atoms with Crippen LogP contribution in [0.25, 0.3) is 10.3 Å². The number of fused-ring (bicyclic) bond motifs is 1. The molecule has 0 aliphatic heterocycles. The molecule has 0 spiro atoms. The molecule has 3 rings (SSSR count). The van der Waals surface area contributed by atoms with Crippen molar-refractivity contribution in [1.29, 1.82) is 0 Å². The van der Waals surface area contributed by atoms with Gasteiger partial charge >= 0.3 is 6.09 Å². The van der Waals surface area contributed by atoms with Crippen molar-refractivity contribution in [3.05, 3.63) is 30.2 Å². The molecule has 0 unspecified atom stereocenters. The summed E-state index contributed by atoms with van der Waals surface area (Å²) in [5, 5.41) is 11.1. The molecule has 0 fully saturated rings. The fourth-order valence-electron chi connectivity index (χ4n) is 1.95. The number of benzene rings is 1. The van der Waals surface area contributed by atoms with Crippen LogP contribution in [0.1, 0.15) is 0 Å². The van der Waals surface area contributed by atoms with Crippen LogP contribution < -0.4 is 16.0 Å². The summed E-state index contributed by atoms with van der Waals surface area (Å²) >= 11 is 1.23. The fourth-order valence-corrected chi connectivity index (χ4v) is 2.63. The molecule has 0 radical (unpaired) electrons. The van der Waals surface area contributed by atoms with E-state index in [1.165, 1.54) is 29.5 Å². The third-order valence-corrected chi connectivity index (χ3v) is 3.83. The Balaban J connectivity index is 1.97. The van der Waals surface area contributed by atoms with Crippen LogP contribution in [-0.4, -0.2) is 33.2 Å². The fraction of sp³-hybridized carbons (Fsp3) is 0.0769. The summed E-state index contributed by atoms with van der Waals surface area (Å²) in [6.45, 7) is 0. The number of nitrogens with zero attached hydrogens (tertiary/aromatic N) is 4. The van der Waals surface area contributed by atoms with E-state index in [2.05, 4.69) is 15.0 Å². The zero-order chi connectivity index (χ0) is 16.6. The van der Waals surface area contributed by atoms with Crippen LogP contribution in [0.4, 0.5) is 31.6 Å². The van der Waals surface area contributed by atoms with Crippen molar-refractivity contribution in [3.63, 3.8) is 0 Å². The standard InChI is InChI=1S/C13H11FN6O2S/c1-20(6-2-3-7(14)8(4-6)18-13(21)22)12-16-5-9-10(19-12)23-11(15)17-9/h2-5,18H,1H3,(H2,15,17)(H,21,22). The molecule has 1 aromatic carbocycles. The van der Waals surface area contributed by atoms with Crippen LogP contribution in [0.5, 0.6) is 0 Å². The van der Waals surface area contributed by atoms with E-state index in [1.807, 2.05) is 5.32 Å². The molecule has 8 nitrogen and oxygen atoms in total. The normalized spacial score (nSPS) is 10.7. The summed E-state index contributed by atoms with van der Waals surface area (Å²) in [6.07, 6.45) is 0.197. The molecule has 0 atom stereocenters. The molecule has 23 heavy (non-hydrogen) atoms. The third-order valence-electron chi connectivity index (χ3n) is 3.03. The van der Waals surface area contributed by atoms with Crippen LogP contribution in [0.2, 0.25) is 0 Å². The van der Waals surface area contributed by atoms with Gasteiger partial charge in [-0.05, 0) is 18.2 Å². The zero-order valence-corrected chi connectivity index (χ0v) is 12.6. The number of nitrogen functional groups attached to an aromatic ring is 1. The van der Waals surface area contributed by atoms with Gasteiger partial charge in [-0.15, -0.1) is 0 Å². The van der Waals surface area contributed by atoms with Gasteiger partial charge in [-0.2, -0.15) is 4.98 Å².